The normalized spacial score (nSPS) is 9.86. The molecule has 0 atom stereocenters. The van der Waals surface area contributed by atoms with Crippen molar-refractivity contribution in [1.82, 2.24) is 0 Å². The molecule has 1 N–H and O–H groups in total. The van der Waals surface area contributed by atoms with Crippen LogP contribution in [-0.2, 0) is 0 Å². The molecular weight excluding hydrogens is 202 g/mol. The van der Waals surface area contributed by atoms with E-state index in [1.807, 2.05) is 19.1 Å². The van der Waals surface area contributed by atoms with E-state index in [0.29, 0.717) is 18.1 Å². The van der Waals surface area contributed by atoms with Crippen LogP contribution in [0.3, 0.4) is 0 Å². The number of nitrogens with zero attached hydrogens (tertiary/aromatic N) is 1. The summed E-state index contributed by atoms with van der Waals surface area (Å²) in [6.07, 6.45) is -0.977. The van der Waals surface area contributed by atoms with Gasteiger partial charge >= 0.3 is 6.09 Å². The molecule has 0 aromatic heterocycles. The van der Waals surface area contributed by atoms with Gasteiger partial charge in [0.1, 0.15) is 0 Å². The van der Waals surface area contributed by atoms with Gasteiger partial charge in [-0.05, 0) is 19.1 Å². The molecular formula is C10H12ClNO2. The molecule has 0 aliphatic carbocycles. The molecule has 0 saturated carbocycles. The average Bonchev–Trinajstić information content (AvgIpc) is 2.15. The van der Waals surface area contributed by atoms with E-state index >= 15 is 0 Å². The van der Waals surface area contributed by atoms with Gasteiger partial charge in [0, 0.05) is 18.1 Å². The van der Waals surface area contributed by atoms with E-state index in [0.717, 1.165) is 5.56 Å². The summed E-state index contributed by atoms with van der Waals surface area (Å²) in [7, 11) is 0. The Morgan fingerprint density at radius 1 is 1.43 bits per heavy atom. The Labute approximate surface area is 87.9 Å². The van der Waals surface area contributed by atoms with E-state index in [1.54, 1.807) is 12.1 Å². The summed E-state index contributed by atoms with van der Waals surface area (Å²) in [4.78, 5) is 12.1. The topological polar surface area (TPSA) is 40.5 Å². The molecule has 14 heavy (non-hydrogen) atoms. The fraction of sp³-hybridized carbons (Fsp3) is 0.300. The standard InChI is InChI=1S/C10H12ClNO2/c1-8-2-4-9(5-3-8)12(7-6-11)10(13)14/h2-5H,6-7H2,1H3,(H,13,14). The number of benzene rings is 1. The van der Waals surface area contributed by atoms with Crippen LogP contribution in [0.4, 0.5) is 10.5 Å². The minimum Gasteiger partial charge on any atom is -0.465 e. The first-order chi connectivity index (χ1) is 6.65. The third-order valence-corrected chi connectivity index (χ3v) is 2.05. The maximum absolute atomic E-state index is 10.8. The van der Waals surface area contributed by atoms with Crippen LogP contribution in [0.15, 0.2) is 24.3 Å². The zero-order valence-electron chi connectivity index (χ0n) is 7.90. The third kappa shape index (κ3) is 2.64. The second kappa shape index (κ2) is 4.86. The monoisotopic (exact) mass is 213 g/mol. The Morgan fingerprint density at radius 3 is 2.43 bits per heavy atom. The van der Waals surface area contributed by atoms with Gasteiger partial charge in [0.25, 0.3) is 0 Å². The van der Waals surface area contributed by atoms with Gasteiger partial charge in [-0.1, -0.05) is 17.7 Å². The fourth-order valence-corrected chi connectivity index (χ4v) is 1.31. The quantitative estimate of drug-likeness (QED) is 0.785. The summed E-state index contributed by atoms with van der Waals surface area (Å²) in [6.45, 7) is 2.26. The van der Waals surface area contributed by atoms with Gasteiger partial charge in [0.05, 0.1) is 0 Å². The number of carbonyl (C=O) groups is 1. The van der Waals surface area contributed by atoms with Crippen molar-refractivity contribution < 1.29 is 9.90 Å². The van der Waals surface area contributed by atoms with Gasteiger partial charge in [0.2, 0.25) is 0 Å². The molecule has 1 aromatic carbocycles. The lowest BCUT2D eigenvalue weighted by Crippen LogP contribution is -2.30. The fourth-order valence-electron chi connectivity index (χ4n) is 1.14. The molecule has 3 nitrogen and oxygen atoms in total. The molecule has 0 bridgehead atoms. The summed E-state index contributed by atoms with van der Waals surface area (Å²) >= 11 is 5.52. The van der Waals surface area contributed by atoms with Gasteiger partial charge in [-0.2, -0.15) is 0 Å². The van der Waals surface area contributed by atoms with Crippen molar-refractivity contribution in [3.63, 3.8) is 0 Å². The summed E-state index contributed by atoms with van der Waals surface area (Å²) in [5.41, 5.74) is 1.76. The number of halogens is 1. The van der Waals surface area contributed by atoms with Gasteiger partial charge in [-0.15, -0.1) is 11.6 Å². The second-order valence-electron chi connectivity index (χ2n) is 2.96. The highest BCUT2D eigenvalue weighted by Gasteiger charge is 2.12. The number of carboxylic acid groups (broad SMARTS) is 1. The number of anilines is 1. The molecule has 76 valence electrons. The highest BCUT2D eigenvalue weighted by atomic mass is 35.5. The largest absolute Gasteiger partial charge is 0.465 e. The highest BCUT2D eigenvalue weighted by Crippen LogP contribution is 2.15. The smallest absolute Gasteiger partial charge is 0.411 e. The van der Waals surface area contributed by atoms with E-state index in [-0.39, 0.29) is 0 Å². The Bertz CT molecular complexity index is 310. The van der Waals surface area contributed by atoms with Crippen molar-refractivity contribution in [3.8, 4) is 0 Å². The highest BCUT2D eigenvalue weighted by molar-refractivity contribution is 6.18. The molecule has 4 heteroatoms. The molecule has 0 radical (unpaired) electrons. The Kier molecular flexibility index (Phi) is 3.77. The number of alkyl halides is 1. The van der Waals surface area contributed by atoms with E-state index in [4.69, 9.17) is 16.7 Å². The van der Waals surface area contributed by atoms with Crippen LogP contribution in [0.5, 0.6) is 0 Å². The van der Waals surface area contributed by atoms with Crippen molar-refractivity contribution in [2.24, 2.45) is 0 Å². The van der Waals surface area contributed by atoms with Crippen molar-refractivity contribution in [2.45, 2.75) is 6.92 Å². The first kappa shape index (κ1) is 10.9. The zero-order valence-corrected chi connectivity index (χ0v) is 8.66. The number of hydrogen-bond acceptors (Lipinski definition) is 1. The molecule has 1 amide bonds. The molecule has 0 unspecified atom stereocenters. The minimum absolute atomic E-state index is 0.292. The third-order valence-electron chi connectivity index (χ3n) is 1.88. The molecule has 0 aliphatic heterocycles. The zero-order chi connectivity index (χ0) is 10.6. The first-order valence-electron chi connectivity index (χ1n) is 4.28. The summed E-state index contributed by atoms with van der Waals surface area (Å²) in [6, 6.07) is 7.30. The van der Waals surface area contributed by atoms with Crippen LogP contribution in [-0.4, -0.2) is 23.6 Å². The molecule has 0 spiro atoms. The van der Waals surface area contributed by atoms with Crippen molar-refractivity contribution in [1.29, 1.82) is 0 Å². The van der Waals surface area contributed by atoms with E-state index < -0.39 is 6.09 Å². The second-order valence-corrected chi connectivity index (χ2v) is 3.34. The maximum Gasteiger partial charge on any atom is 0.411 e. The SMILES string of the molecule is Cc1ccc(N(CCCl)C(=O)O)cc1. The molecule has 1 aromatic rings. The van der Waals surface area contributed by atoms with Crippen molar-refractivity contribution in [2.75, 3.05) is 17.3 Å². The van der Waals surface area contributed by atoms with Crippen LogP contribution in [0, 0.1) is 6.92 Å². The van der Waals surface area contributed by atoms with Crippen LogP contribution >= 0.6 is 11.6 Å². The molecule has 0 heterocycles. The number of aryl methyl sites for hydroxylation is 1. The number of hydrogen-bond donors (Lipinski definition) is 1. The molecule has 0 fully saturated rings. The molecule has 1 rings (SSSR count). The molecule has 0 saturated heterocycles. The predicted molar refractivity (Wildman–Crippen MR) is 57.3 cm³/mol. The van der Waals surface area contributed by atoms with E-state index in [9.17, 15) is 4.79 Å². The lowest BCUT2D eigenvalue weighted by molar-refractivity contribution is 0.202. The van der Waals surface area contributed by atoms with Crippen LogP contribution < -0.4 is 4.90 Å². The van der Waals surface area contributed by atoms with Crippen molar-refractivity contribution >= 4 is 23.4 Å². The predicted octanol–water partition coefficient (Wildman–Crippen LogP) is 2.72. The summed E-state index contributed by atoms with van der Waals surface area (Å²) in [5, 5.41) is 8.89. The Morgan fingerprint density at radius 2 is 2.00 bits per heavy atom. The van der Waals surface area contributed by atoms with Gasteiger partial charge in [-0.25, -0.2) is 4.79 Å². The maximum atomic E-state index is 10.8. The summed E-state index contributed by atoms with van der Waals surface area (Å²) in [5.74, 6) is 0.292. The van der Waals surface area contributed by atoms with Crippen LogP contribution in [0.25, 0.3) is 0 Å². The Balaban J connectivity index is 2.87. The molecule has 0 aliphatic rings. The lowest BCUT2D eigenvalue weighted by atomic mass is 10.2. The first-order valence-corrected chi connectivity index (χ1v) is 4.81. The van der Waals surface area contributed by atoms with E-state index in [1.165, 1.54) is 4.90 Å². The van der Waals surface area contributed by atoms with Gasteiger partial charge in [-0.3, -0.25) is 4.90 Å². The van der Waals surface area contributed by atoms with Gasteiger partial charge in [0.15, 0.2) is 0 Å². The minimum atomic E-state index is -0.977. The van der Waals surface area contributed by atoms with E-state index in [2.05, 4.69) is 0 Å². The summed E-state index contributed by atoms with van der Waals surface area (Å²) < 4.78 is 0. The van der Waals surface area contributed by atoms with Crippen LogP contribution in [0.1, 0.15) is 5.56 Å². The van der Waals surface area contributed by atoms with Gasteiger partial charge < -0.3 is 5.11 Å². The number of amides is 1. The number of rotatable bonds is 3. The van der Waals surface area contributed by atoms with Crippen molar-refractivity contribution in [3.05, 3.63) is 29.8 Å². The Hall–Kier alpha value is -1.22. The average molecular weight is 214 g/mol. The lowest BCUT2D eigenvalue weighted by Gasteiger charge is -2.17. The van der Waals surface area contributed by atoms with Crippen LogP contribution in [0.2, 0.25) is 0 Å².